The van der Waals surface area contributed by atoms with Crippen LogP contribution >= 0.6 is 11.3 Å². The molecule has 0 aromatic carbocycles. The molecule has 2 aromatic rings. The number of carbonyl (C=O) groups is 1. The van der Waals surface area contributed by atoms with Crippen LogP contribution in [-0.2, 0) is 11.3 Å². The highest BCUT2D eigenvalue weighted by Crippen LogP contribution is 2.26. The molecule has 4 heteroatoms. The number of nitrogens with one attached hydrogen (secondary N) is 1. The van der Waals surface area contributed by atoms with E-state index in [0.717, 1.165) is 35.4 Å². The lowest BCUT2D eigenvalue weighted by Gasteiger charge is -2.17. The largest absolute Gasteiger partial charge is 0.352 e. The van der Waals surface area contributed by atoms with E-state index in [1.807, 2.05) is 23.6 Å². The Bertz CT molecular complexity index is 634. The molecule has 108 valence electrons. The van der Waals surface area contributed by atoms with Crippen molar-refractivity contribution in [3.8, 4) is 10.6 Å². The second kappa shape index (κ2) is 6.68. The summed E-state index contributed by atoms with van der Waals surface area (Å²) >= 11 is 1.67. The third-order valence-corrected chi connectivity index (χ3v) is 4.62. The van der Waals surface area contributed by atoms with Crippen molar-refractivity contribution < 1.29 is 4.79 Å². The summed E-state index contributed by atoms with van der Waals surface area (Å²) < 4.78 is 0. The van der Waals surface area contributed by atoms with E-state index in [0.29, 0.717) is 6.54 Å². The summed E-state index contributed by atoms with van der Waals surface area (Å²) in [6, 6.07) is 8.03. The van der Waals surface area contributed by atoms with Gasteiger partial charge in [-0.05, 0) is 42.3 Å². The van der Waals surface area contributed by atoms with Crippen molar-refractivity contribution in [2.75, 3.05) is 0 Å². The number of hydrogen-bond donors (Lipinski definition) is 1. The molecule has 1 aliphatic carbocycles. The summed E-state index contributed by atoms with van der Waals surface area (Å²) in [5, 5.41) is 5.11. The third-order valence-electron chi connectivity index (χ3n) is 3.74. The Hall–Kier alpha value is -1.94. The summed E-state index contributed by atoms with van der Waals surface area (Å²) in [6.45, 7) is 0.542. The van der Waals surface area contributed by atoms with Gasteiger partial charge in [-0.15, -0.1) is 11.3 Å². The van der Waals surface area contributed by atoms with E-state index in [-0.39, 0.29) is 11.8 Å². The van der Waals surface area contributed by atoms with Gasteiger partial charge in [-0.25, -0.2) is 0 Å². The lowest BCUT2D eigenvalue weighted by Crippen LogP contribution is -2.30. The van der Waals surface area contributed by atoms with Crippen LogP contribution in [0.15, 0.2) is 48.0 Å². The van der Waals surface area contributed by atoms with Gasteiger partial charge >= 0.3 is 0 Å². The Morgan fingerprint density at radius 2 is 2.29 bits per heavy atom. The molecule has 0 saturated heterocycles. The molecule has 3 rings (SSSR count). The Labute approximate surface area is 128 Å². The zero-order valence-electron chi connectivity index (χ0n) is 11.8. The molecule has 0 bridgehead atoms. The van der Waals surface area contributed by atoms with Gasteiger partial charge in [0.05, 0.1) is 10.6 Å². The number of allylic oxidation sites excluding steroid dienone is 2. The van der Waals surface area contributed by atoms with Crippen LogP contribution in [0.25, 0.3) is 10.6 Å². The Morgan fingerprint density at radius 3 is 3.05 bits per heavy atom. The molecule has 0 fully saturated rings. The maximum atomic E-state index is 12.2. The third kappa shape index (κ3) is 3.39. The van der Waals surface area contributed by atoms with E-state index in [1.165, 1.54) is 0 Å². The Kier molecular flexibility index (Phi) is 4.46. The fraction of sp³-hybridized carbons (Fsp3) is 0.294. The molecule has 1 unspecified atom stereocenters. The first-order valence-electron chi connectivity index (χ1n) is 7.25. The molecular weight excluding hydrogens is 280 g/mol. The fourth-order valence-corrected chi connectivity index (χ4v) is 3.33. The fourth-order valence-electron chi connectivity index (χ4n) is 2.57. The highest BCUT2D eigenvalue weighted by molar-refractivity contribution is 7.13. The van der Waals surface area contributed by atoms with Crippen LogP contribution in [0.1, 0.15) is 24.8 Å². The number of hydrogen-bond acceptors (Lipinski definition) is 3. The minimum atomic E-state index is 0.122. The second-order valence-corrected chi connectivity index (χ2v) is 6.14. The highest BCUT2D eigenvalue weighted by atomic mass is 32.1. The molecular formula is C17H18N2OS. The minimum Gasteiger partial charge on any atom is -0.352 e. The summed E-state index contributed by atoms with van der Waals surface area (Å²) in [4.78, 5) is 17.8. The lowest BCUT2D eigenvalue weighted by molar-refractivity contribution is -0.125. The average Bonchev–Trinajstić information content (AvgIpc) is 3.08. The van der Waals surface area contributed by atoms with E-state index in [9.17, 15) is 4.79 Å². The van der Waals surface area contributed by atoms with Crippen molar-refractivity contribution in [2.45, 2.75) is 25.8 Å². The molecule has 0 saturated carbocycles. The highest BCUT2D eigenvalue weighted by Gasteiger charge is 2.18. The molecule has 0 radical (unpaired) electrons. The van der Waals surface area contributed by atoms with Crippen LogP contribution in [-0.4, -0.2) is 10.9 Å². The summed E-state index contributed by atoms with van der Waals surface area (Å²) in [7, 11) is 0. The predicted molar refractivity (Wildman–Crippen MR) is 85.9 cm³/mol. The van der Waals surface area contributed by atoms with Crippen LogP contribution in [0, 0.1) is 5.92 Å². The maximum Gasteiger partial charge on any atom is 0.223 e. The molecule has 0 spiro atoms. The first kappa shape index (κ1) is 14.0. The van der Waals surface area contributed by atoms with Gasteiger partial charge in [-0.3, -0.25) is 9.78 Å². The normalized spacial score (nSPS) is 17.6. The van der Waals surface area contributed by atoms with E-state index in [1.54, 1.807) is 17.5 Å². The SMILES string of the molecule is O=C(NCc1cccnc1-c1cccs1)C1CC=CCC1. The molecule has 21 heavy (non-hydrogen) atoms. The topological polar surface area (TPSA) is 42.0 Å². The number of pyridine rings is 1. The van der Waals surface area contributed by atoms with E-state index < -0.39 is 0 Å². The monoisotopic (exact) mass is 298 g/mol. The van der Waals surface area contributed by atoms with Crippen molar-refractivity contribution in [3.05, 3.63) is 53.6 Å². The molecule has 2 heterocycles. The van der Waals surface area contributed by atoms with Gasteiger partial charge in [0.2, 0.25) is 5.91 Å². The van der Waals surface area contributed by atoms with Crippen molar-refractivity contribution in [2.24, 2.45) is 5.92 Å². The van der Waals surface area contributed by atoms with Crippen molar-refractivity contribution in [1.82, 2.24) is 10.3 Å². The van der Waals surface area contributed by atoms with Crippen LogP contribution in [0.4, 0.5) is 0 Å². The number of carbonyl (C=O) groups excluding carboxylic acids is 1. The van der Waals surface area contributed by atoms with Crippen molar-refractivity contribution in [1.29, 1.82) is 0 Å². The second-order valence-electron chi connectivity index (χ2n) is 5.19. The molecule has 3 nitrogen and oxygen atoms in total. The minimum absolute atomic E-state index is 0.122. The standard InChI is InChI=1S/C17H18N2OS/c20-17(13-6-2-1-3-7-13)19-12-14-8-4-10-18-16(14)15-9-5-11-21-15/h1-2,4-5,8-11,13H,3,6-7,12H2,(H,19,20). The molecule has 2 aromatic heterocycles. The number of rotatable bonds is 4. The van der Waals surface area contributed by atoms with Crippen molar-refractivity contribution in [3.63, 3.8) is 0 Å². The van der Waals surface area contributed by atoms with Gasteiger partial charge in [0, 0.05) is 18.7 Å². The lowest BCUT2D eigenvalue weighted by atomic mass is 9.93. The van der Waals surface area contributed by atoms with Crippen LogP contribution in [0.2, 0.25) is 0 Å². The molecule has 1 aliphatic rings. The summed E-state index contributed by atoms with van der Waals surface area (Å²) in [6.07, 6.45) is 8.87. The number of thiophene rings is 1. The number of nitrogens with zero attached hydrogens (tertiary/aromatic N) is 1. The van der Waals surface area contributed by atoms with Gasteiger partial charge in [0.1, 0.15) is 0 Å². The zero-order valence-corrected chi connectivity index (χ0v) is 12.6. The van der Waals surface area contributed by atoms with E-state index in [2.05, 4.69) is 28.5 Å². The van der Waals surface area contributed by atoms with Crippen LogP contribution < -0.4 is 5.32 Å². The Morgan fingerprint density at radius 1 is 1.33 bits per heavy atom. The summed E-state index contributed by atoms with van der Waals surface area (Å²) in [5.41, 5.74) is 2.04. The van der Waals surface area contributed by atoms with Gasteiger partial charge in [0.15, 0.2) is 0 Å². The maximum absolute atomic E-state index is 12.2. The van der Waals surface area contributed by atoms with Gasteiger partial charge in [-0.2, -0.15) is 0 Å². The summed E-state index contributed by atoms with van der Waals surface area (Å²) in [5.74, 6) is 0.275. The molecule has 1 atom stereocenters. The van der Waals surface area contributed by atoms with Gasteiger partial charge in [0.25, 0.3) is 0 Å². The number of aromatic nitrogens is 1. The quantitative estimate of drug-likeness (QED) is 0.873. The number of amides is 1. The van der Waals surface area contributed by atoms with Gasteiger partial charge < -0.3 is 5.32 Å². The smallest absolute Gasteiger partial charge is 0.223 e. The molecule has 0 aliphatic heterocycles. The zero-order chi connectivity index (χ0) is 14.5. The average molecular weight is 298 g/mol. The molecule has 1 amide bonds. The van der Waals surface area contributed by atoms with Crippen molar-refractivity contribution >= 4 is 17.2 Å². The first-order chi connectivity index (χ1) is 10.3. The van der Waals surface area contributed by atoms with E-state index in [4.69, 9.17) is 0 Å². The van der Waals surface area contributed by atoms with Gasteiger partial charge in [-0.1, -0.05) is 24.3 Å². The van der Waals surface area contributed by atoms with Crippen LogP contribution in [0.5, 0.6) is 0 Å². The van der Waals surface area contributed by atoms with E-state index >= 15 is 0 Å². The van der Waals surface area contributed by atoms with Crippen LogP contribution in [0.3, 0.4) is 0 Å². The molecule has 1 N–H and O–H groups in total. The first-order valence-corrected chi connectivity index (χ1v) is 8.13. The Balaban J connectivity index is 1.68. The predicted octanol–water partition coefficient (Wildman–Crippen LogP) is 3.78.